The quantitative estimate of drug-likeness (QED) is 0.462. The number of sulfone groups is 1. The van der Waals surface area contributed by atoms with E-state index in [1.165, 1.54) is 12.1 Å². The minimum Gasteiger partial charge on any atom is -0.506 e. The fourth-order valence-corrected chi connectivity index (χ4v) is 6.53. The zero-order valence-corrected chi connectivity index (χ0v) is 15.2. The largest absolute Gasteiger partial charge is 0.506 e. The molecule has 3 rings (SSSR count). The predicted octanol–water partition coefficient (Wildman–Crippen LogP) is 1.62. The van der Waals surface area contributed by atoms with E-state index in [2.05, 4.69) is 5.32 Å². The number of nitrogens with one attached hydrogen (secondary N) is 2. The SMILES string of the molecule is O=C(NO)C1(S(=O)(=O)c2ccc(O)c(Cl)c2)CCC2(CCNCC2)C1. The molecule has 1 heterocycles. The third-order valence-electron chi connectivity index (χ3n) is 5.64. The molecule has 2 fully saturated rings. The van der Waals surface area contributed by atoms with Crippen molar-refractivity contribution in [1.82, 2.24) is 10.8 Å². The van der Waals surface area contributed by atoms with E-state index >= 15 is 0 Å². The van der Waals surface area contributed by atoms with E-state index < -0.39 is 20.5 Å². The molecule has 2 aliphatic rings. The number of piperidine rings is 1. The van der Waals surface area contributed by atoms with Crippen LogP contribution in [0.25, 0.3) is 0 Å². The van der Waals surface area contributed by atoms with Gasteiger partial charge >= 0.3 is 0 Å². The first-order chi connectivity index (χ1) is 11.8. The van der Waals surface area contributed by atoms with E-state index in [0.717, 1.165) is 32.0 Å². The molecule has 1 saturated heterocycles. The maximum absolute atomic E-state index is 13.3. The molecule has 1 aliphatic heterocycles. The Bertz CT molecular complexity index is 792. The summed E-state index contributed by atoms with van der Waals surface area (Å²) in [5.41, 5.74) is 1.32. The number of amides is 1. The van der Waals surface area contributed by atoms with Gasteiger partial charge in [-0.3, -0.25) is 10.0 Å². The standard InChI is InChI=1S/C16H21ClN2O5S/c17-12-9-11(1-2-13(12)20)25(23,24)16(14(21)19-22)4-3-15(10-16)5-7-18-8-6-15/h1-2,9,18,20,22H,3-8,10H2,(H,19,21). The molecule has 0 aromatic heterocycles. The van der Waals surface area contributed by atoms with E-state index in [4.69, 9.17) is 11.6 Å². The maximum atomic E-state index is 13.3. The number of hydroxylamine groups is 1. The Morgan fingerprint density at radius 3 is 2.48 bits per heavy atom. The first kappa shape index (κ1) is 18.4. The third-order valence-corrected chi connectivity index (χ3v) is 8.38. The van der Waals surface area contributed by atoms with Crippen molar-refractivity contribution in [3.8, 4) is 5.75 Å². The lowest BCUT2D eigenvalue weighted by atomic mass is 9.77. The monoisotopic (exact) mass is 388 g/mol. The van der Waals surface area contributed by atoms with Crippen molar-refractivity contribution in [2.45, 2.75) is 41.7 Å². The van der Waals surface area contributed by atoms with Gasteiger partial charge in [0.2, 0.25) is 0 Å². The Balaban J connectivity index is 2.07. The molecule has 1 aromatic rings. The van der Waals surface area contributed by atoms with E-state index in [1.54, 1.807) is 5.48 Å². The lowest BCUT2D eigenvalue weighted by molar-refractivity contribution is -0.132. The van der Waals surface area contributed by atoms with Crippen LogP contribution >= 0.6 is 11.6 Å². The second kappa shape index (κ2) is 6.42. The summed E-state index contributed by atoms with van der Waals surface area (Å²) in [7, 11) is -4.11. The number of rotatable bonds is 3. The highest BCUT2D eigenvalue weighted by Gasteiger charge is 2.60. The molecule has 138 valence electrons. The first-order valence-electron chi connectivity index (χ1n) is 8.15. The van der Waals surface area contributed by atoms with Crippen LogP contribution in [0.15, 0.2) is 23.1 Å². The van der Waals surface area contributed by atoms with Crippen LogP contribution < -0.4 is 10.8 Å². The molecular formula is C16H21ClN2O5S. The lowest BCUT2D eigenvalue weighted by Crippen LogP contribution is -2.51. The second-order valence-electron chi connectivity index (χ2n) is 6.98. The lowest BCUT2D eigenvalue weighted by Gasteiger charge is -2.36. The molecule has 0 bridgehead atoms. The van der Waals surface area contributed by atoms with Gasteiger partial charge in [0.05, 0.1) is 9.92 Å². The molecule has 25 heavy (non-hydrogen) atoms. The summed E-state index contributed by atoms with van der Waals surface area (Å²) in [6.45, 7) is 1.56. The molecule has 4 N–H and O–H groups in total. The van der Waals surface area contributed by atoms with Gasteiger partial charge in [-0.1, -0.05) is 11.6 Å². The Kier molecular flexibility index (Phi) is 4.74. The number of hydrogen-bond donors (Lipinski definition) is 4. The van der Waals surface area contributed by atoms with Gasteiger partial charge in [0.15, 0.2) is 14.6 Å². The van der Waals surface area contributed by atoms with Gasteiger partial charge in [0.1, 0.15) is 5.75 Å². The summed E-state index contributed by atoms with van der Waals surface area (Å²) >= 11 is 5.85. The van der Waals surface area contributed by atoms with Gasteiger partial charge in [0.25, 0.3) is 5.91 Å². The maximum Gasteiger partial charge on any atom is 0.265 e. The van der Waals surface area contributed by atoms with Crippen LogP contribution in [0.5, 0.6) is 5.75 Å². The molecule has 0 radical (unpaired) electrons. The highest BCUT2D eigenvalue weighted by atomic mass is 35.5. The highest BCUT2D eigenvalue weighted by molar-refractivity contribution is 7.93. The number of carbonyl (C=O) groups is 1. The van der Waals surface area contributed by atoms with Crippen molar-refractivity contribution in [1.29, 1.82) is 0 Å². The second-order valence-corrected chi connectivity index (χ2v) is 9.65. The Morgan fingerprint density at radius 1 is 1.20 bits per heavy atom. The van der Waals surface area contributed by atoms with Gasteiger partial charge in [-0.05, 0) is 68.8 Å². The van der Waals surface area contributed by atoms with E-state index in [9.17, 15) is 23.5 Å². The minimum absolute atomic E-state index is 0.102. The van der Waals surface area contributed by atoms with Gasteiger partial charge in [0, 0.05) is 0 Å². The molecule has 7 nitrogen and oxygen atoms in total. The van der Waals surface area contributed by atoms with Crippen molar-refractivity contribution < 1.29 is 23.5 Å². The number of hydrogen-bond acceptors (Lipinski definition) is 6. The normalized spacial score (nSPS) is 25.8. The summed E-state index contributed by atoms with van der Waals surface area (Å²) < 4.78 is 24.9. The number of carbonyl (C=O) groups excluding carboxylic acids is 1. The zero-order chi connectivity index (χ0) is 18.3. The van der Waals surface area contributed by atoms with Crippen LogP contribution in [0, 0.1) is 5.41 Å². The molecule has 1 unspecified atom stereocenters. The molecule has 1 saturated carbocycles. The van der Waals surface area contributed by atoms with Gasteiger partial charge in [-0.25, -0.2) is 13.9 Å². The average molecular weight is 389 g/mol. The molecule has 1 aliphatic carbocycles. The number of benzene rings is 1. The van der Waals surface area contributed by atoms with Crippen LogP contribution in [-0.4, -0.2) is 42.5 Å². The summed E-state index contributed by atoms with van der Waals surface area (Å²) in [6, 6.07) is 3.57. The highest BCUT2D eigenvalue weighted by Crippen LogP contribution is 2.54. The summed E-state index contributed by atoms with van der Waals surface area (Å²) in [6.07, 6.45) is 2.49. The van der Waals surface area contributed by atoms with Crippen molar-refractivity contribution in [2.24, 2.45) is 5.41 Å². The number of phenols is 1. The topological polar surface area (TPSA) is 116 Å². The van der Waals surface area contributed by atoms with Crippen molar-refractivity contribution in [3.05, 3.63) is 23.2 Å². The average Bonchev–Trinajstić information content (AvgIpc) is 2.98. The fraction of sp³-hybridized carbons (Fsp3) is 0.562. The van der Waals surface area contributed by atoms with Gasteiger partial charge < -0.3 is 10.4 Å². The van der Waals surface area contributed by atoms with Crippen molar-refractivity contribution in [2.75, 3.05) is 13.1 Å². The fourth-order valence-electron chi connectivity index (χ4n) is 4.16. The van der Waals surface area contributed by atoms with Crippen LogP contribution in [0.2, 0.25) is 5.02 Å². The van der Waals surface area contributed by atoms with Crippen molar-refractivity contribution in [3.63, 3.8) is 0 Å². The summed E-state index contributed by atoms with van der Waals surface area (Å²) in [4.78, 5) is 12.4. The summed E-state index contributed by atoms with van der Waals surface area (Å²) in [5, 5.41) is 21.9. The predicted molar refractivity (Wildman–Crippen MR) is 91.4 cm³/mol. The Morgan fingerprint density at radius 2 is 1.88 bits per heavy atom. The molecule has 1 aromatic carbocycles. The van der Waals surface area contributed by atoms with Crippen LogP contribution in [0.1, 0.15) is 32.1 Å². The van der Waals surface area contributed by atoms with E-state index in [-0.39, 0.29) is 33.9 Å². The third kappa shape index (κ3) is 2.91. The smallest absolute Gasteiger partial charge is 0.265 e. The zero-order valence-electron chi connectivity index (χ0n) is 13.6. The molecule has 1 amide bonds. The summed E-state index contributed by atoms with van der Waals surface area (Å²) in [5.74, 6) is -1.14. The molecular weight excluding hydrogens is 368 g/mol. The van der Waals surface area contributed by atoms with Crippen LogP contribution in [-0.2, 0) is 14.6 Å². The van der Waals surface area contributed by atoms with E-state index in [1.807, 2.05) is 0 Å². The van der Waals surface area contributed by atoms with Crippen molar-refractivity contribution >= 4 is 27.3 Å². The number of phenolic OH excluding ortho intramolecular Hbond substituents is 1. The van der Waals surface area contributed by atoms with Crippen LogP contribution in [0.3, 0.4) is 0 Å². The van der Waals surface area contributed by atoms with Gasteiger partial charge in [-0.15, -0.1) is 0 Å². The molecule has 1 spiro atoms. The Hall–Kier alpha value is -1.35. The number of halogens is 1. The molecule has 1 atom stereocenters. The van der Waals surface area contributed by atoms with E-state index in [0.29, 0.717) is 6.42 Å². The van der Waals surface area contributed by atoms with Gasteiger partial charge in [-0.2, -0.15) is 0 Å². The Labute approximate surface area is 151 Å². The molecule has 9 heteroatoms. The van der Waals surface area contributed by atoms with Crippen LogP contribution in [0.4, 0.5) is 0 Å². The number of aromatic hydroxyl groups is 1. The minimum atomic E-state index is -4.11. The first-order valence-corrected chi connectivity index (χ1v) is 10.0.